The summed E-state index contributed by atoms with van der Waals surface area (Å²) in [6.07, 6.45) is 2.27. The van der Waals surface area contributed by atoms with Crippen molar-refractivity contribution >= 4 is 35.4 Å². The molecule has 4 rings (SSSR count). The lowest BCUT2D eigenvalue weighted by molar-refractivity contribution is -0.129. The van der Waals surface area contributed by atoms with Gasteiger partial charge in [-0.15, -0.1) is 0 Å². The Balaban J connectivity index is 1.56. The third-order valence-corrected chi connectivity index (χ3v) is 6.28. The highest BCUT2D eigenvalue weighted by atomic mass is 35.5. The van der Waals surface area contributed by atoms with Crippen LogP contribution in [-0.2, 0) is 16.1 Å². The second-order valence-corrected chi connectivity index (χ2v) is 7.81. The van der Waals surface area contributed by atoms with Gasteiger partial charge in [-0.05, 0) is 31.4 Å². The molecule has 144 valence electrons. The molecule has 2 amide bonds. The standard InChI is InChI=1S/C19H22ClN3O4/c20-17-13-9-23(15-3-4-16(25)21-18(15)26)19(27)12(13)1-2-14(17)22-7-5-11(10-24)6-8-22/h1-2,10-11,15,18,26H,3-9H2,(H,21,25). The number of carbonyl (C=O) groups excluding carboxylic acids is 3. The summed E-state index contributed by atoms with van der Waals surface area (Å²) < 4.78 is 0. The van der Waals surface area contributed by atoms with Gasteiger partial charge in [-0.2, -0.15) is 0 Å². The Bertz CT molecular complexity index is 791. The fourth-order valence-corrected chi connectivity index (χ4v) is 4.59. The Kier molecular flexibility index (Phi) is 4.82. The molecule has 2 fully saturated rings. The number of halogens is 1. The number of aliphatic hydroxyl groups is 1. The van der Waals surface area contributed by atoms with Crippen LogP contribution in [0.25, 0.3) is 0 Å². The lowest BCUT2D eigenvalue weighted by Crippen LogP contribution is -2.55. The van der Waals surface area contributed by atoms with Crippen LogP contribution in [0.5, 0.6) is 0 Å². The average molecular weight is 392 g/mol. The Morgan fingerprint density at radius 1 is 1.19 bits per heavy atom. The number of amides is 2. The molecule has 2 atom stereocenters. The number of hydrogen-bond acceptors (Lipinski definition) is 5. The van der Waals surface area contributed by atoms with Crippen molar-refractivity contribution in [3.63, 3.8) is 0 Å². The van der Waals surface area contributed by atoms with Gasteiger partial charge in [0, 0.05) is 43.1 Å². The quantitative estimate of drug-likeness (QED) is 0.758. The molecule has 8 heteroatoms. The molecular formula is C19H22ClN3O4. The number of rotatable bonds is 3. The Morgan fingerprint density at radius 2 is 1.93 bits per heavy atom. The van der Waals surface area contributed by atoms with Gasteiger partial charge in [0.15, 0.2) is 0 Å². The van der Waals surface area contributed by atoms with Crippen LogP contribution in [0.2, 0.25) is 5.02 Å². The van der Waals surface area contributed by atoms with Crippen molar-refractivity contribution in [1.29, 1.82) is 0 Å². The van der Waals surface area contributed by atoms with Gasteiger partial charge in [0.05, 0.1) is 16.8 Å². The SMILES string of the molecule is O=CC1CCN(c2ccc3c(c2Cl)CN(C2CCC(=O)NC2O)C3=O)CC1. The number of hydrogen-bond donors (Lipinski definition) is 2. The number of aldehydes is 1. The van der Waals surface area contributed by atoms with Crippen molar-refractivity contribution in [1.82, 2.24) is 10.2 Å². The Hall–Kier alpha value is -2.12. The maximum atomic E-state index is 12.8. The van der Waals surface area contributed by atoms with Crippen LogP contribution in [0.1, 0.15) is 41.6 Å². The molecule has 2 N–H and O–H groups in total. The number of benzene rings is 1. The summed E-state index contributed by atoms with van der Waals surface area (Å²) in [5.41, 5.74) is 2.20. The van der Waals surface area contributed by atoms with Crippen molar-refractivity contribution in [2.24, 2.45) is 5.92 Å². The third kappa shape index (κ3) is 3.19. The summed E-state index contributed by atoms with van der Waals surface area (Å²) in [5.74, 6) is -0.269. The molecule has 0 saturated carbocycles. The number of nitrogens with one attached hydrogen (secondary N) is 1. The van der Waals surface area contributed by atoms with Crippen LogP contribution >= 0.6 is 11.6 Å². The highest BCUT2D eigenvalue weighted by Gasteiger charge is 2.40. The largest absolute Gasteiger partial charge is 0.372 e. The van der Waals surface area contributed by atoms with Crippen molar-refractivity contribution in [3.05, 3.63) is 28.3 Å². The van der Waals surface area contributed by atoms with Gasteiger partial charge in [-0.3, -0.25) is 9.59 Å². The molecule has 3 aliphatic heterocycles. The lowest BCUT2D eigenvalue weighted by Gasteiger charge is -2.35. The zero-order chi connectivity index (χ0) is 19.1. The number of aliphatic hydroxyl groups excluding tert-OH is 1. The van der Waals surface area contributed by atoms with Gasteiger partial charge in [0.2, 0.25) is 5.91 Å². The normalized spacial score (nSPS) is 26.1. The van der Waals surface area contributed by atoms with Gasteiger partial charge in [-0.25, -0.2) is 0 Å². The summed E-state index contributed by atoms with van der Waals surface area (Å²) >= 11 is 6.66. The van der Waals surface area contributed by atoms with Crippen LogP contribution in [0, 0.1) is 5.92 Å². The number of fused-ring (bicyclic) bond motifs is 1. The summed E-state index contributed by atoms with van der Waals surface area (Å²) in [5, 5.41) is 13.2. The maximum absolute atomic E-state index is 12.8. The first kappa shape index (κ1) is 18.3. The minimum Gasteiger partial charge on any atom is -0.372 e. The minimum atomic E-state index is -1.06. The van der Waals surface area contributed by atoms with Crippen LogP contribution in [-0.4, -0.2) is 53.5 Å². The topological polar surface area (TPSA) is 90.0 Å². The molecule has 0 aromatic heterocycles. The number of piperidine rings is 2. The van der Waals surface area contributed by atoms with Gasteiger partial charge >= 0.3 is 0 Å². The predicted molar refractivity (Wildman–Crippen MR) is 99.5 cm³/mol. The average Bonchev–Trinajstić information content (AvgIpc) is 3.00. The summed E-state index contributed by atoms with van der Waals surface area (Å²) in [7, 11) is 0. The van der Waals surface area contributed by atoms with E-state index in [-0.39, 0.29) is 24.2 Å². The second kappa shape index (κ2) is 7.13. The molecule has 0 aliphatic carbocycles. The lowest BCUT2D eigenvalue weighted by atomic mass is 9.97. The fourth-order valence-electron chi connectivity index (χ4n) is 4.25. The predicted octanol–water partition coefficient (Wildman–Crippen LogP) is 1.31. The first-order chi connectivity index (χ1) is 13.0. The zero-order valence-corrected chi connectivity index (χ0v) is 15.6. The molecule has 7 nitrogen and oxygen atoms in total. The highest BCUT2D eigenvalue weighted by Crippen LogP contribution is 2.39. The van der Waals surface area contributed by atoms with E-state index in [1.807, 2.05) is 6.07 Å². The van der Waals surface area contributed by atoms with Crippen molar-refractivity contribution in [3.8, 4) is 0 Å². The van der Waals surface area contributed by atoms with Crippen LogP contribution in [0.3, 0.4) is 0 Å². The van der Waals surface area contributed by atoms with E-state index >= 15 is 0 Å². The zero-order valence-electron chi connectivity index (χ0n) is 14.9. The molecule has 2 saturated heterocycles. The van der Waals surface area contributed by atoms with E-state index in [1.54, 1.807) is 11.0 Å². The molecule has 1 aromatic rings. The van der Waals surface area contributed by atoms with E-state index in [1.165, 1.54) is 0 Å². The van der Waals surface area contributed by atoms with E-state index in [4.69, 9.17) is 11.6 Å². The first-order valence-corrected chi connectivity index (χ1v) is 9.67. The third-order valence-electron chi connectivity index (χ3n) is 5.86. The van der Waals surface area contributed by atoms with E-state index in [9.17, 15) is 19.5 Å². The van der Waals surface area contributed by atoms with Gasteiger partial charge in [-0.1, -0.05) is 11.6 Å². The summed E-state index contributed by atoms with van der Waals surface area (Å²) in [4.78, 5) is 39.0. The maximum Gasteiger partial charge on any atom is 0.254 e. The van der Waals surface area contributed by atoms with E-state index in [0.29, 0.717) is 23.6 Å². The fraction of sp³-hybridized carbons (Fsp3) is 0.526. The van der Waals surface area contributed by atoms with Gasteiger partial charge < -0.3 is 25.0 Å². The minimum absolute atomic E-state index is 0.106. The Morgan fingerprint density at radius 3 is 2.59 bits per heavy atom. The molecule has 1 aromatic carbocycles. The van der Waals surface area contributed by atoms with E-state index < -0.39 is 12.3 Å². The molecular weight excluding hydrogens is 370 g/mol. The molecule has 0 bridgehead atoms. The smallest absolute Gasteiger partial charge is 0.254 e. The number of anilines is 1. The monoisotopic (exact) mass is 391 g/mol. The van der Waals surface area contributed by atoms with Crippen LogP contribution in [0.4, 0.5) is 5.69 Å². The highest BCUT2D eigenvalue weighted by molar-refractivity contribution is 6.34. The first-order valence-electron chi connectivity index (χ1n) is 9.29. The van der Waals surface area contributed by atoms with E-state index in [0.717, 1.165) is 43.5 Å². The molecule has 0 spiro atoms. The summed E-state index contributed by atoms with van der Waals surface area (Å²) in [6, 6.07) is 3.20. The molecule has 2 unspecified atom stereocenters. The van der Waals surface area contributed by atoms with Crippen LogP contribution < -0.4 is 10.2 Å². The Labute approximate surface area is 162 Å². The number of nitrogens with zero attached hydrogens (tertiary/aromatic N) is 2. The van der Waals surface area contributed by atoms with Crippen molar-refractivity contribution in [2.75, 3.05) is 18.0 Å². The van der Waals surface area contributed by atoms with Gasteiger partial charge in [0.1, 0.15) is 12.5 Å². The van der Waals surface area contributed by atoms with Crippen LogP contribution in [0.15, 0.2) is 12.1 Å². The van der Waals surface area contributed by atoms with Gasteiger partial charge in [0.25, 0.3) is 5.91 Å². The molecule has 3 heterocycles. The van der Waals surface area contributed by atoms with E-state index in [2.05, 4.69) is 10.2 Å². The molecule has 3 aliphatic rings. The molecule has 0 radical (unpaired) electrons. The van der Waals surface area contributed by atoms with Crippen molar-refractivity contribution < 1.29 is 19.5 Å². The second-order valence-electron chi connectivity index (χ2n) is 7.44. The summed E-state index contributed by atoms with van der Waals surface area (Å²) in [6.45, 7) is 1.84. The number of carbonyl (C=O) groups is 3. The molecule has 27 heavy (non-hydrogen) atoms. The van der Waals surface area contributed by atoms with Crippen molar-refractivity contribution in [2.45, 2.75) is 44.5 Å².